The average Bonchev–Trinajstić information content (AvgIpc) is 1.76. The molecule has 3 aliphatic heterocycles. The number of carboxylic acids is 2. The van der Waals surface area contributed by atoms with E-state index < -0.39 is 303 Å². The number of H-pyrrole nitrogens is 1. The first-order valence-corrected chi connectivity index (χ1v) is 44.3. The van der Waals surface area contributed by atoms with Gasteiger partial charge in [-0.15, -0.1) is 11.8 Å². The van der Waals surface area contributed by atoms with Gasteiger partial charge in [0.15, 0.2) is 17.5 Å². The predicted octanol–water partition coefficient (Wildman–Crippen LogP) is -1.42. The van der Waals surface area contributed by atoms with Gasteiger partial charge in [-0.25, -0.2) is 13.2 Å². The predicted molar refractivity (Wildman–Crippen MR) is 474 cm³/mol. The van der Waals surface area contributed by atoms with E-state index in [1.54, 1.807) is 91.9 Å². The number of aromatic hydroxyl groups is 1. The molecule has 15 amide bonds. The number of aromatic amines is 1. The number of aliphatic carboxylic acids is 2. The third-order valence-electron chi connectivity index (χ3n) is 23.2. The summed E-state index contributed by atoms with van der Waals surface area (Å²) >= 11 is 0.612. The van der Waals surface area contributed by atoms with Crippen molar-refractivity contribution in [3.8, 4) is 5.75 Å². The molecular formula is C90H112F3N17O22S. The first-order valence-electron chi connectivity index (χ1n) is 43.2. The fraction of sp³-hybridized carbons (Fsp3) is 0.456. The number of primary amides is 1. The second-order valence-electron chi connectivity index (χ2n) is 33.4. The molecule has 0 unspecified atom stereocenters. The number of halogens is 3. The number of para-hydroxylation sites is 1. The summed E-state index contributed by atoms with van der Waals surface area (Å²) < 4.78 is 45.0. The van der Waals surface area contributed by atoms with Crippen LogP contribution in [0.5, 0.6) is 5.75 Å². The number of thioether (sulfide) groups is 1. The highest BCUT2D eigenvalue weighted by Gasteiger charge is 2.49. The molecule has 39 nitrogen and oxygen atoms in total. The summed E-state index contributed by atoms with van der Waals surface area (Å²) in [7, 11) is 3.49. The van der Waals surface area contributed by atoms with Crippen LogP contribution >= 0.6 is 11.8 Å². The number of aromatic nitrogens is 1. The number of unbranched alkanes of at least 4 members (excludes halogenated alkanes) is 1. The van der Waals surface area contributed by atoms with Crippen LogP contribution in [0.2, 0.25) is 0 Å². The monoisotopic (exact) mass is 1870 g/mol. The van der Waals surface area contributed by atoms with Crippen LogP contribution in [-0.2, 0) is 114 Å². The molecule has 15 atom stereocenters. The molecular weight excluding hydrogens is 1760 g/mol. The molecule has 5 aromatic carbocycles. The number of carboxylic acid groups (broad SMARTS) is 2. The maximum Gasteiger partial charge on any atom is 0.305 e. The molecule has 716 valence electrons. The molecule has 6 aromatic rings. The van der Waals surface area contributed by atoms with E-state index in [9.17, 15) is 68.3 Å². The summed E-state index contributed by atoms with van der Waals surface area (Å²) in [5.41, 5.74) is 13.1. The summed E-state index contributed by atoms with van der Waals surface area (Å²) in [4.78, 5) is 257. The van der Waals surface area contributed by atoms with Crippen LogP contribution in [0, 0.1) is 23.4 Å². The minimum Gasteiger partial charge on any atom is -0.508 e. The van der Waals surface area contributed by atoms with E-state index in [1.165, 1.54) is 51.4 Å². The lowest BCUT2D eigenvalue weighted by atomic mass is 9.98. The van der Waals surface area contributed by atoms with Crippen molar-refractivity contribution in [3.05, 3.63) is 173 Å². The number of nitrogens with zero attached hydrogens (tertiary/aromatic N) is 5. The van der Waals surface area contributed by atoms with Gasteiger partial charge < -0.3 is 114 Å². The average molecular weight is 1870 g/mol. The molecule has 1 aromatic heterocycles. The fourth-order valence-corrected chi connectivity index (χ4v) is 16.9. The SMILES string of the molecule is CCCC[C@H]1C(=O)N2C[C@H](O)C[C@@H]2C(=O)N[C@@H](CC(=O)O)C(=O)N[C@@H](C(C)C)C(=O)N(C)[C@@H](Cc2ccccc2)C(=O)N[C@@H](CC(=O)O)C(=O)N2C[C@H](O)C[C@@H]2C(=O)N[C@@H](Cc2c[nH]c3ccccc23)C(=O)N[C@@H](Cc2ccc(O)cc2)C(=O)N[C@@H](CCN)C(=O)N[C@H](C(=O)NCC(N)=O)CSCC(=O)N[C@@H](Cc2cc(F)c(F)c(F)c2)C(=O)N(C)[C@@H](Cc2ccccc2)C(=O)N1C. The van der Waals surface area contributed by atoms with E-state index in [1.807, 2.05) is 0 Å². The highest BCUT2D eigenvalue weighted by molar-refractivity contribution is 8.00. The van der Waals surface area contributed by atoms with Gasteiger partial charge >= 0.3 is 11.9 Å². The van der Waals surface area contributed by atoms with Gasteiger partial charge in [-0.1, -0.05) is 125 Å². The number of phenolic OH excluding ortho intramolecular Hbond substituents is 1. The van der Waals surface area contributed by atoms with Gasteiger partial charge in [0.1, 0.15) is 84.3 Å². The number of aliphatic hydroxyl groups is 2. The Balaban J connectivity index is 1.14. The third kappa shape index (κ3) is 28.3. The second kappa shape index (κ2) is 48.0. The number of rotatable bonds is 23. The van der Waals surface area contributed by atoms with Crippen molar-refractivity contribution in [2.45, 2.75) is 195 Å². The van der Waals surface area contributed by atoms with Crippen molar-refractivity contribution >= 4 is 123 Å². The highest BCUT2D eigenvalue weighted by Crippen LogP contribution is 2.29. The Morgan fingerprint density at radius 3 is 1.57 bits per heavy atom. The van der Waals surface area contributed by atoms with Crippen molar-refractivity contribution in [2.24, 2.45) is 17.4 Å². The molecule has 43 heteroatoms. The zero-order chi connectivity index (χ0) is 97.4. The lowest BCUT2D eigenvalue weighted by Gasteiger charge is -2.38. The van der Waals surface area contributed by atoms with Gasteiger partial charge in [0, 0.05) is 102 Å². The van der Waals surface area contributed by atoms with E-state index in [0.29, 0.717) is 57.9 Å². The quantitative estimate of drug-likeness (QED) is 0.0327. The van der Waals surface area contributed by atoms with E-state index in [-0.39, 0.29) is 43.5 Å². The number of hydrogen-bond acceptors (Lipinski definition) is 22. The Kier molecular flexibility index (Phi) is 37.3. The molecule has 19 N–H and O–H groups in total. The second-order valence-corrected chi connectivity index (χ2v) is 34.4. The van der Waals surface area contributed by atoms with Crippen LogP contribution in [0.15, 0.2) is 128 Å². The smallest absolute Gasteiger partial charge is 0.305 e. The third-order valence-corrected chi connectivity index (χ3v) is 24.2. The summed E-state index contributed by atoms with van der Waals surface area (Å²) in [6, 6.07) is 5.81. The number of amides is 15. The first kappa shape index (κ1) is 103. The zero-order valence-electron chi connectivity index (χ0n) is 73.9. The first-order chi connectivity index (χ1) is 63.1. The summed E-state index contributed by atoms with van der Waals surface area (Å²) in [5.74, 6) is -28.0. The number of nitrogens with two attached hydrogens (primary N) is 2. The van der Waals surface area contributed by atoms with Gasteiger partial charge in [0.2, 0.25) is 88.6 Å². The Bertz CT molecular complexity index is 5220. The normalized spacial score (nSPS) is 24.7. The van der Waals surface area contributed by atoms with Crippen LogP contribution < -0.4 is 59.3 Å². The number of likely N-dealkylation sites (N-methyl/N-ethyl adjacent to an activating group) is 3. The van der Waals surface area contributed by atoms with Crippen LogP contribution in [-0.4, -0.2) is 305 Å². The van der Waals surface area contributed by atoms with E-state index in [4.69, 9.17) is 11.5 Å². The van der Waals surface area contributed by atoms with E-state index in [0.717, 1.165) is 38.6 Å². The highest BCUT2D eigenvalue weighted by atomic mass is 32.2. The van der Waals surface area contributed by atoms with Gasteiger partial charge in [-0.05, 0) is 83.5 Å². The number of fused-ring (bicyclic) bond motifs is 3. The molecule has 9 rings (SSSR count). The molecule has 4 heterocycles. The van der Waals surface area contributed by atoms with Crippen LogP contribution in [0.3, 0.4) is 0 Å². The molecule has 0 bridgehead atoms. The number of hydrogen-bond donors (Lipinski definition) is 17. The standard InChI is InChI=1S/C90H112F3N17O22S/c1-7-8-23-67-89(131)110-44-55(113)38-70(110)85(127)102-63(39-74(116)117)82(124)105-77(47(2)3)90(132)107(5)68(34-48-17-11-9-12-18-48)83(125)103-65(40-75(118)119)87(129)109-43-54(112)37-69(109)84(126)101-62(36-52-41-96-59-22-16-15-21-56(52)59)81(123)100-61(32-50-24-26-53(111)27-25-50)80(122)99-60(28-29-94)79(121)104-66(78(120)97-42-72(95)114)45-133-46-73(115)98-64(33-51-30-57(91)76(93)58(92)31-51)86(128)108(6)71(88(130)106(67)4)35-49-19-13-10-14-20-49/h9-22,24-27,30-31,41,47,54-55,60-71,77,96,111-113H,7-8,23,28-29,32-40,42-46,94H2,1-6H3,(H2,95,114)(H,97,120)(H,98,115)(H,99,122)(H,100,123)(H,101,126)(H,102,127)(H,103,125)(H,104,121)(H,105,124)(H,116,117)(H,118,119)/t54-,55-,60+,61+,62+,63+,64+,65+,66+,67+,68+,69-,70-,71+,77+/m1/s1. The maximum absolute atomic E-state index is 15.7. The zero-order valence-corrected chi connectivity index (χ0v) is 74.7. The van der Waals surface area contributed by atoms with Crippen molar-refractivity contribution in [2.75, 3.05) is 58.8 Å². The van der Waals surface area contributed by atoms with Crippen LogP contribution in [0.4, 0.5) is 13.2 Å². The van der Waals surface area contributed by atoms with Crippen molar-refractivity contribution in [1.29, 1.82) is 0 Å². The van der Waals surface area contributed by atoms with Crippen molar-refractivity contribution in [1.82, 2.24) is 77.3 Å². The molecule has 3 fully saturated rings. The maximum atomic E-state index is 15.7. The van der Waals surface area contributed by atoms with Crippen molar-refractivity contribution in [3.63, 3.8) is 0 Å². The number of benzene rings is 5. The topological polar surface area (TPSA) is 584 Å². The number of carbonyl (C=O) groups excluding carboxylic acids is 15. The van der Waals surface area contributed by atoms with Gasteiger partial charge in [0.25, 0.3) is 0 Å². The molecule has 0 saturated carbocycles. The van der Waals surface area contributed by atoms with Gasteiger partial charge in [0.05, 0.1) is 37.3 Å². The Labute approximate surface area is 766 Å². The largest absolute Gasteiger partial charge is 0.508 e. The van der Waals surface area contributed by atoms with Gasteiger partial charge in [-0.3, -0.25) is 81.5 Å². The Hall–Kier alpha value is -13.6. The molecule has 0 aliphatic carbocycles. The van der Waals surface area contributed by atoms with Crippen LogP contribution in [0.25, 0.3) is 10.9 Å². The number of phenols is 1. The summed E-state index contributed by atoms with van der Waals surface area (Å²) in [5, 5.41) is 76.8. The number of aliphatic hydroxyl groups excluding tert-OH is 2. The molecule has 0 radical (unpaired) electrons. The molecule has 3 saturated heterocycles. The minimum atomic E-state index is -2.12. The summed E-state index contributed by atoms with van der Waals surface area (Å²) in [6.07, 6.45) is -7.33. The fourth-order valence-electron chi connectivity index (χ4n) is 16.1. The van der Waals surface area contributed by atoms with Crippen LogP contribution in [0.1, 0.15) is 100.0 Å². The number of carbonyl (C=O) groups is 17. The lowest BCUT2D eigenvalue weighted by molar-refractivity contribution is -0.152. The lowest BCUT2D eigenvalue weighted by Crippen LogP contribution is -2.62. The Morgan fingerprint density at radius 2 is 1.00 bits per heavy atom. The molecule has 3 aliphatic rings. The number of nitrogens with one attached hydrogen (secondary N) is 10. The molecule has 133 heavy (non-hydrogen) atoms. The van der Waals surface area contributed by atoms with E-state index in [2.05, 4.69) is 52.8 Å². The Morgan fingerprint density at radius 1 is 0.511 bits per heavy atom. The molecule has 0 spiro atoms. The minimum absolute atomic E-state index is 0.157. The van der Waals surface area contributed by atoms with E-state index >= 15 is 51.9 Å². The summed E-state index contributed by atoms with van der Waals surface area (Å²) in [6.45, 7) is 2.24. The van der Waals surface area contributed by atoms with Gasteiger partial charge in [-0.2, -0.15) is 0 Å². The van der Waals surface area contributed by atoms with Crippen molar-refractivity contribution < 1.29 is 120 Å².